The first kappa shape index (κ1) is 17.2. The average Bonchev–Trinajstić information content (AvgIpc) is 3.54. The summed E-state index contributed by atoms with van der Waals surface area (Å²) in [6.45, 7) is 0.723. The van der Waals surface area contributed by atoms with E-state index >= 15 is 0 Å². The van der Waals surface area contributed by atoms with Crippen molar-refractivity contribution in [3.63, 3.8) is 0 Å². The van der Waals surface area contributed by atoms with Gasteiger partial charge in [0.2, 0.25) is 5.88 Å². The third kappa shape index (κ3) is 4.32. The highest BCUT2D eigenvalue weighted by molar-refractivity contribution is 7.09. The van der Waals surface area contributed by atoms with Gasteiger partial charge in [-0.1, -0.05) is 18.9 Å². The second kappa shape index (κ2) is 7.23. The summed E-state index contributed by atoms with van der Waals surface area (Å²) in [5.41, 5.74) is 1.62. The summed E-state index contributed by atoms with van der Waals surface area (Å²) in [5, 5.41) is 6.11. The van der Waals surface area contributed by atoms with Crippen LogP contribution in [0.3, 0.4) is 0 Å². The average molecular weight is 384 g/mol. The second-order valence-electron chi connectivity index (χ2n) is 8.19. The van der Waals surface area contributed by atoms with Crippen molar-refractivity contribution >= 4 is 17.2 Å². The highest BCUT2D eigenvalue weighted by Crippen LogP contribution is 2.44. The molecule has 2 aromatic rings. The van der Waals surface area contributed by atoms with Gasteiger partial charge in [-0.15, -0.1) is 11.3 Å². The minimum atomic E-state index is -0.130. The minimum Gasteiger partial charge on any atom is -0.477 e. The summed E-state index contributed by atoms with van der Waals surface area (Å²) < 4.78 is 6.00. The van der Waals surface area contributed by atoms with Crippen LogP contribution in [0.4, 0.5) is 0 Å². The van der Waals surface area contributed by atoms with Crippen molar-refractivity contribution in [3.8, 4) is 5.88 Å². The van der Waals surface area contributed by atoms with Crippen molar-refractivity contribution in [2.45, 2.75) is 56.9 Å². The van der Waals surface area contributed by atoms with Crippen LogP contribution in [0.1, 0.15) is 78.0 Å². The Bertz CT molecular complexity index is 811. The van der Waals surface area contributed by atoms with Crippen molar-refractivity contribution < 1.29 is 9.53 Å². The fourth-order valence-corrected chi connectivity index (χ4v) is 4.13. The Morgan fingerprint density at radius 2 is 2.00 bits per heavy atom. The van der Waals surface area contributed by atoms with E-state index in [1.807, 2.05) is 17.5 Å². The molecule has 0 unspecified atom stereocenters. The number of rotatable bonds is 9. The molecule has 3 aliphatic carbocycles. The molecule has 1 amide bonds. The van der Waals surface area contributed by atoms with E-state index in [9.17, 15) is 4.79 Å². The molecule has 3 fully saturated rings. The van der Waals surface area contributed by atoms with Crippen LogP contribution < -0.4 is 10.1 Å². The lowest BCUT2D eigenvalue weighted by atomic mass is 10.1. The number of aromatic nitrogens is 2. The lowest BCUT2D eigenvalue weighted by Crippen LogP contribution is -2.29. The first-order chi connectivity index (χ1) is 13.3. The smallest absolute Gasteiger partial charge is 0.270 e. The lowest BCUT2D eigenvalue weighted by Gasteiger charge is -2.17. The van der Waals surface area contributed by atoms with Crippen molar-refractivity contribution in [1.82, 2.24) is 15.3 Å². The normalized spacial score (nSPS) is 20.3. The van der Waals surface area contributed by atoms with E-state index in [1.54, 1.807) is 17.5 Å². The molecule has 5 nitrogen and oxygen atoms in total. The zero-order chi connectivity index (χ0) is 18.2. The van der Waals surface area contributed by atoms with Gasteiger partial charge in [-0.25, -0.2) is 9.97 Å². The first-order valence-corrected chi connectivity index (χ1v) is 11.0. The molecular formula is C21H25N3O2S. The second-order valence-corrected chi connectivity index (χ2v) is 9.12. The molecule has 1 atom stereocenters. The fourth-order valence-electron chi connectivity index (χ4n) is 3.43. The summed E-state index contributed by atoms with van der Waals surface area (Å²) in [6.07, 6.45) is 10.2. The molecule has 1 N–H and O–H groups in total. The number of carbonyl (C=O) groups excluding carboxylic acids is 1. The predicted molar refractivity (Wildman–Crippen MR) is 104 cm³/mol. The summed E-state index contributed by atoms with van der Waals surface area (Å²) in [4.78, 5) is 21.9. The molecule has 0 aliphatic heterocycles. The first-order valence-electron chi connectivity index (χ1n) is 10.1. The van der Waals surface area contributed by atoms with E-state index in [0.717, 1.165) is 18.0 Å². The van der Waals surface area contributed by atoms with Gasteiger partial charge in [-0.3, -0.25) is 4.79 Å². The van der Waals surface area contributed by atoms with Crippen LogP contribution in [-0.4, -0.2) is 22.5 Å². The van der Waals surface area contributed by atoms with Gasteiger partial charge in [0.15, 0.2) is 0 Å². The molecule has 6 heteroatoms. The van der Waals surface area contributed by atoms with E-state index in [4.69, 9.17) is 4.74 Å². The van der Waals surface area contributed by atoms with Gasteiger partial charge in [0.1, 0.15) is 10.7 Å². The molecular weight excluding hydrogens is 358 g/mol. The van der Waals surface area contributed by atoms with Crippen LogP contribution >= 0.6 is 11.3 Å². The summed E-state index contributed by atoms with van der Waals surface area (Å²) in [5.74, 6) is 2.48. The Hall–Kier alpha value is -1.95. The zero-order valence-electron chi connectivity index (χ0n) is 15.4. The number of nitrogens with one attached hydrogen (secondary N) is 1. The van der Waals surface area contributed by atoms with E-state index in [-0.39, 0.29) is 11.9 Å². The molecule has 0 aromatic carbocycles. The number of thiazole rings is 1. The van der Waals surface area contributed by atoms with Crippen LogP contribution in [0, 0.1) is 11.8 Å². The van der Waals surface area contributed by atoms with Crippen molar-refractivity contribution in [2.75, 3.05) is 6.61 Å². The van der Waals surface area contributed by atoms with Gasteiger partial charge in [-0.2, -0.15) is 0 Å². The topological polar surface area (TPSA) is 64.1 Å². The molecule has 27 heavy (non-hydrogen) atoms. The van der Waals surface area contributed by atoms with Gasteiger partial charge in [-0.05, 0) is 55.9 Å². The van der Waals surface area contributed by atoms with Gasteiger partial charge < -0.3 is 10.1 Å². The Morgan fingerprint density at radius 3 is 2.67 bits per heavy atom. The van der Waals surface area contributed by atoms with E-state index < -0.39 is 0 Å². The summed E-state index contributed by atoms with van der Waals surface area (Å²) in [6, 6.07) is 3.87. The standard InChI is InChI=1S/C21H25N3O2S/c25-19(23-18(11-13-1-2-13)21-22-9-10-27-21)17-8-7-16(15-5-6-15)20(24-17)26-12-14-3-4-14/h7-10,13-15,18H,1-6,11-12H2,(H,23,25)/t18-/m0/s1. The van der Waals surface area contributed by atoms with Crippen LogP contribution in [0.2, 0.25) is 0 Å². The quantitative estimate of drug-likeness (QED) is 0.694. The number of pyridine rings is 1. The zero-order valence-corrected chi connectivity index (χ0v) is 16.2. The molecule has 3 saturated carbocycles. The number of hydrogen-bond donors (Lipinski definition) is 1. The highest BCUT2D eigenvalue weighted by Gasteiger charge is 2.31. The Labute approximate surface area is 163 Å². The molecule has 0 saturated heterocycles. The molecule has 2 aromatic heterocycles. The van der Waals surface area contributed by atoms with Crippen LogP contribution in [-0.2, 0) is 0 Å². The van der Waals surface area contributed by atoms with Crippen LogP contribution in [0.25, 0.3) is 0 Å². The van der Waals surface area contributed by atoms with E-state index in [0.29, 0.717) is 29.3 Å². The van der Waals surface area contributed by atoms with Gasteiger partial charge >= 0.3 is 0 Å². The summed E-state index contributed by atoms with van der Waals surface area (Å²) >= 11 is 1.60. The largest absolute Gasteiger partial charge is 0.477 e. The third-order valence-corrected chi connectivity index (χ3v) is 6.50. The number of hydrogen-bond acceptors (Lipinski definition) is 5. The van der Waals surface area contributed by atoms with E-state index in [2.05, 4.69) is 15.3 Å². The summed E-state index contributed by atoms with van der Waals surface area (Å²) in [7, 11) is 0. The van der Waals surface area contributed by atoms with Crippen molar-refractivity contribution in [3.05, 3.63) is 40.0 Å². The maximum atomic E-state index is 12.9. The molecule has 0 spiro atoms. The van der Waals surface area contributed by atoms with Gasteiger partial charge in [0, 0.05) is 17.1 Å². The van der Waals surface area contributed by atoms with Crippen molar-refractivity contribution in [1.29, 1.82) is 0 Å². The van der Waals surface area contributed by atoms with Gasteiger partial charge in [0.05, 0.1) is 12.6 Å². The Morgan fingerprint density at radius 1 is 1.19 bits per heavy atom. The van der Waals surface area contributed by atoms with Crippen LogP contribution in [0.5, 0.6) is 5.88 Å². The van der Waals surface area contributed by atoms with Gasteiger partial charge in [0.25, 0.3) is 5.91 Å². The van der Waals surface area contributed by atoms with Crippen LogP contribution in [0.15, 0.2) is 23.7 Å². The lowest BCUT2D eigenvalue weighted by molar-refractivity contribution is 0.0927. The Balaban J connectivity index is 1.32. The number of carbonyl (C=O) groups is 1. The monoisotopic (exact) mass is 383 g/mol. The maximum Gasteiger partial charge on any atom is 0.270 e. The minimum absolute atomic E-state index is 0.0225. The molecule has 0 radical (unpaired) electrons. The van der Waals surface area contributed by atoms with E-state index in [1.165, 1.54) is 44.1 Å². The third-order valence-electron chi connectivity index (χ3n) is 5.61. The molecule has 142 valence electrons. The Kier molecular flexibility index (Phi) is 4.60. The molecule has 0 bridgehead atoms. The number of ether oxygens (including phenoxy) is 1. The molecule has 5 rings (SSSR count). The fraction of sp³-hybridized carbons (Fsp3) is 0.571. The highest BCUT2D eigenvalue weighted by atomic mass is 32.1. The SMILES string of the molecule is O=C(N[C@@H](CC1CC1)c1nccs1)c1ccc(C2CC2)c(OCC2CC2)n1. The molecule has 2 heterocycles. The molecule has 3 aliphatic rings. The number of nitrogens with zero attached hydrogens (tertiary/aromatic N) is 2. The van der Waals surface area contributed by atoms with Crippen molar-refractivity contribution in [2.24, 2.45) is 11.8 Å². The maximum absolute atomic E-state index is 12.9. The predicted octanol–water partition coefficient (Wildman–Crippen LogP) is 4.48. The number of amides is 1.